The van der Waals surface area contributed by atoms with Gasteiger partial charge < -0.3 is 10.6 Å². The Labute approximate surface area is 157 Å². The quantitative estimate of drug-likeness (QED) is 0.812. The second kappa shape index (κ2) is 8.73. The molecule has 2 N–H and O–H groups in total. The van der Waals surface area contributed by atoms with Gasteiger partial charge in [-0.1, -0.05) is 18.2 Å². The van der Waals surface area contributed by atoms with Gasteiger partial charge in [-0.05, 0) is 43.2 Å². The summed E-state index contributed by atoms with van der Waals surface area (Å²) in [6.45, 7) is 3.47. The Balaban J connectivity index is 1.69. The topological polar surface area (TPSA) is 74.3 Å². The van der Waals surface area contributed by atoms with E-state index in [-0.39, 0.29) is 29.7 Å². The van der Waals surface area contributed by atoms with Gasteiger partial charge in [-0.3, -0.25) is 19.5 Å². The van der Waals surface area contributed by atoms with Gasteiger partial charge in [-0.25, -0.2) is 4.39 Å². The van der Waals surface area contributed by atoms with Gasteiger partial charge in [0.1, 0.15) is 11.5 Å². The molecule has 1 aromatic heterocycles. The smallest absolute Gasteiger partial charge is 0.270 e. The fraction of sp³-hybridized carbons (Fsp3) is 0.350. The highest BCUT2D eigenvalue weighted by Crippen LogP contribution is 2.21. The van der Waals surface area contributed by atoms with Gasteiger partial charge >= 0.3 is 0 Å². The lowest BCUT2D eigenvalue weighted by molar-refractivity contribution is -0.125. The third kappa shape index (κ3) is 4.89. The molecule has 0 unspecified atom stereocenters. The summed E-state index contributed by atoms with van der Waals surface area (Å²) in [6.07, 6.45) is 2.09. The number of likely N-dealkylation sites (N-methyl/N-ethyl adjacent to an activating group) is 1. The highest BCUT2D eigenvalue weighted by Gasteiger charge is 2.37. The van der Waals surface area contributed by atoms with Crippen LogP contribution in [0, 0.1) is 5.82 Å². The van der Waals surface area contributed by atoms with Crippen molar-refractivity contribution in [3.63, 3.8) is 0 Å². The van der Waals surface area contributed by atoms with Crippen molar-refractivity contribution in [2.24, 2.45) is 0 Å². The lowest BCUT2D eigenvalue weighted by Crippen LogP contribution is -2.42. The molecule has 3 rings (SSSR count). The van der Waals surface area contributed by atoms with Crippen molar-refractivity contribution in [1.29, 1.82) is 0 Å². The van der Waals surface area contributed by atoms with Crippen LogP contribution < -0.4 is 10.6 Å². The maximum atomic E-state index is 13.1. The lowest BCUT2D eigenvalue weighted by atomic mass is 10.1. The molecule has 2 aromatic rings. The summed E-state index contributed by atoms with van der Waals surface area (Å²) in [4.78, 5) is 30.9. The molecule has 1 aromatic carbocycles. The second-order valence-electron chi connectivity index (χ2n) is 6.59. The SMILES string of the molecule is CCNC(=O)[C@@H]1C[C@@H](NC(=O)c2ccccn2)CN1Cc1ccc(F)cc1. The number of amides is 2. The zero-order valence-corrected chi connectivity index (χ0v) is 15.2. The molecule has 0 saturated carbocycles. The second-order valence-corrected chi connectivity index (χ2v) is 6.59. The molecule has 7 heteroatoms. The summed E-state index contributed by atoms with van der Waals surface area (Å²) in [6, 6.07) is 10.9. The van der Waals surface area contributed by atoms with Crippen molar-refractivity contribution < 1.29 is 14.0 Å². The number of aromatic nitrogens is 1. The molecule has 1 aliphatic rings. The highest BCUT2D eigenvalue weighted by atomic mass is 19.1. The first-order valence-corrected chi connectivity index (χ1v) is 9.05. The maximum Gasteiger partial charge on any atom is 0.270 e. The number of nitrogens with zero attached hydrogens (tertiary/aromatic N) is 2. The van der Waals surface area contributed by atoms with E-state index in [9.17, 15) is 14.0 Å². The molecule has 1 fully saturated rings. The normalized spacial score (nSPS) is 19.6. The van der Waals surface area contributed by atoms with E-state index in [1.54, 1.807) is 36.5 Å². The molecular formula is C20H23FN4O2. The number of carbonyl (C=O) groups excluding carboxylic acids is 2. The third-order valence-corrected chi connectivity index (χ3v) is 4.59. The van der Waals surface area contributed by atoms with Gasteiger partial charge in [0.25, 0.3) is 5.91 Å². The average molecular weight is 370 g/mol. The summed E-state index contributed by atoms with van der Waals surface area (Å²) in [5, 5.41) is 5.82. The van der Waals surface area contributed by atoms with Crippen LogP contribution in [0.15, 0.2) is 48.7 Å². The van der Waals surface area contributed by atoms with Crippen LogP contribution in [0.25, 0.3) is 0 Å². The van der Waals surface area contributed by atoms with Crippen molar-refractivity contribution in [3.05, 3.63) is 65.7 Å². The number of pyridine rings is 1. The Morgan fingerprint density at radius 1 is 1.22 bits per heavy atom. The predicted octanol–water partition coefficient (Wildman–Crippen LogP) is 1.73. The number of carbonyl (C=O) groups is 2. The number of nitrogens with one attached hydrogen (secondary N) is 2. The van der Waals surface area contributed by atoms with E-state index in [0.29, 0.717) is 31.7 Å². The van der Waals surface area contributed by atoms with Crippen LogP contribution >= 0.6 is 0 Å². The fourth-order valence-corrected chi connectivity index (χ4v) is 3.33. The zero-order valence-electron chi connectivity index (χ0n) is 15.2. The number of likely N-dealkylation sites (tertiary alicyclic amines) is 1. The van der Waals surface area contributed by atoms with Gasteiger partial charge in [0, 0.05) is 31.9 Å². The monoisotopic (exact) mass is 370 g/mol. The first-order chi connectivity index (χ1) is 13.1. The van der Waals surface area contributed by atoms with Crippen LogP contribution in [0.3, 0.4) is 0 Å². The Bertz CT molecular complexity index is 782. The van der Waals surface area contributed by atoms with Crippen molar-refractivity contribution in [3.8, 4) is 0 Å². The van der Waals surface area contributed by atoms with E-state index in [1.807, 2.05) is 11.8 Å². The van der Waals surface area contributed by atoms with Crippen LogP contribution in [-0.2, 0) is 11.3 Å². The van der Waals surface area contributed by atoms with E-state index in [0.717, 1.165) is 5.56 Å². The molecule has 1 saturated heterocycles. The predicted molar refractivity (Wildman–Crippen MR) is 99.4 cm³/mol. The largest absolute Gasteiger partial charge is 0.355 e. The highest BCUT2D eigenvalue weighted by molar-refractivity contribution is 5.92. The number of benzene rings is 1. The van der Waals surface area contributed by atoms with Crippen molar-refractivity contribution in [1.82, 2.24) is 20.5 Å². The molecule has 0 radical (unpaired) electrons. The Kier molecular flexibility index (Phi) is 6.13. The molecule has 6 nitrogen and oxygen atoms in total. The van der Waals surface area contributed by atoms with E-state index in [1.165, 1.54) is 12.1 Å². The standard InChI is InChI=1S/C20H23FN4O2/c1-2-22-20(27)18-11-16(24-19(26)17-5-3-4-10-23-17)13-25(18)12-14-6-8-15(21)9-7-14/h3-10,16,18H,2,11-13H2,1H3,(H,22,27)(H,24,26)/t16-,18+/m1/s1. The Hall–Kier alpha value is -2.80. The fourth-order valence-electron chi connectivity index (χ4n) is 3.33. The molecular weight excluding hydrogens is 347 g/mol. The van der Waals surface area contributed by atoms with Crippen molar-refractivity contribution in [2.45, 2.75) is 32.0 Å². The summed E-state index contributed by atoms with van der Waals surface area (Å²) >= 11 is 0. The molecule has 0 spiro atoms. The van der Waals surface area contributed by atoms with Gasteiger partial charge in [0.05, 0.1) is 6.04 Å². The summed E-state index contributed by atoms with van der Waals surface area (Å²) < 4.78 is 13.1. The first kappa shape index (κ1) is 19.0. The minimum atomic E-state index is -0.343. The van der Waals surface area contributed by atoms with Crippen LogP contribution in [0.2, 0.25) is 0 Å². The Morgan fingerprint density at radius 3 is 2.67 bits per heavy atom. The van der Waals surface area contributed by atoms with E-state index in [4.69, 9.17) is 0 Å². The van der Waals surface area contributed by atoms with Crippen LogP contribution in [0.5, 0.6) is 0 Å². The number of rotatable bonds is 6. The third-order valence-electron chi connectivity index (χ3n) is 4.59. The maximum absolute atomic E-state index is 13.1. The van der Waals surface area contributed by atoms with E-state index in [2.05, 4.69) is 15.6 Å². The van der Waals surface area contributed by atoms with Gasteiger partial charge in [0.15, 0.2) is 0 Å². The molecule has 2 atom stereocenters. The summed E-state index contributed by atoms with van der Waals surface area (Å²) in [5.41, 5.74) is 1.27. The number of hydrogen-bond donors (Lipinski definition) is 2. The van der Waals surface area contributed by atoms with Crippen LogP contribution in [-0.4, -0.2) is 46.9 Å². The van der Waals surface area contributed by atoms with E-state index < -0.39 is 0 Å². The average Bonchev–Trinajstić information content (AvgIpc) is 3.07. The van der Waals surface area contributed by atoms with Gasteiger partial charge in [-0.2, -0.15) is 0 Å². The summed E-state index contributed by atoms with van der Waals surface area (Å²) in [7, 11) is 0. The first-order valence-electron chi connectivity index (χ1n) is 9.05. The van der Waals surface area contributed by atoms with Crippen molar-refractivity contribution in [2.75, 3.05) is 13.1 Å². The molecule has 1 aliphatic heterocycles. The van der Waals surface area contributed by atoms with Gasteiger partial charge in [0.2, 0.25) is 5.91 Å². The zero-order chi connectivity index (χ0) is 19.2. The molecule has 2 amide bonds. The van der Waals surface area contributed by atoms with Crippen LogP contribution in [0.1, 0.15) is 29.4 Å². The van der Waals surface area contributed by atoms with Crippen LogP contribution in [0.4, 0.5) is 4.39 Å². The van der Waals surface area contributed by atoms with Crippen molar-refractivity contribution >= 4 is 11.8 Å². The lowest BCUT2D eigenvalue weighted by Gasteiger charge is -2.23. The minimum Gasteiger partial charge on any atom is -0.355 e. The molecule has 0 aliphatic carbocycles. The summed E-state index contributed by atoms with van der Waals surface area (Å²) in [5.74, 6) is -0.603. The van der Waals surface area contributed by atoms with Gasteiger partial charge in [-0.15, -0.1) is 0 Å². The van der Waals surface area contributed by atoms with E-state index >= 15 is 0 Å². The minimum absolute atomic E-state index is 0.0609. The molecule has 2 heterocycles. The molecule has 142 valence electrons. The number of hydrogen-bond acceptors (Lipinski definition) is 4. The molecule has 0 bridgehead atoms. The Morgan fingerprint density at radius 2 is 2.00 bits per heavy atom. The number of halogens is 1. The molecule has 27 heavy (non-hydrogen) atoms.